The van der Waals surface area contributed by atoms with E-state index in [1.165, 1.54) is 15.2 Å². The Hall–Kier alpha value is -0.880. The van der Waals surface area contributed by atoms with Crippen LogP contribution in [-0.4, -0.2) is 11.5 Å². The summed E-state index contributed by atoms with van der Waals surface area (Å²) in [5, 5.41) is 3.35. The van der Waals surface area contributed by atoms with Crippen molar-refractivity contribution in [2.75, 3.05) is 6.54 Å². The molecular weight excluding hydrogens is 364 g/mol. The van der Waals surface area contributed by atoms with Gasteiger partial charge in [0.05, 0.1) is 10.2 Å². The predicted molar refractivity (Wildman–Crippen MR) is 95.3 cm³/mol. The van der Waals surface area contributed by atoms with Gasteiger partial charge in [-0.2, -0.15) is 0 Å². The lowest BCUT2D eigenvalue weighted by atomic mass is 10.2. The fraction of sp³-hybridized carbons (Fsp3) is 0.188. The Labute approximate surface area is 141 Å². The van der Waals surface area contributed by atoms with Gasteiger partial charge in [0.15, 0.2) is 4.34 Å². The van der Waals surface area contributed by atoms with Gasteiger partial charge in [0, 0.05) is 15.9 Å². The molecule has 0 radical (unpaired) electrons. The molecule has 0 fully saturated rings. The Morgan fingerprint density at radius 3 is 2.86 bits per heavy atom. The summed E-state index contributed by atoms with van der Waals surface area (Å²) in [4.78, 5) is 5.87. The molecule has 2 nitrogen and oxygen atoms in total. The molecule has 0 aliphatic carbocycles. The van der Waals surface area contributed by atoms with E-state index in [1.807, 2.05) is 6.07 Å². The van der Waals surface area contributed by atoms with Crippen molar-refractivity contribution >= 4 is 49.2 Å². The Morgan fingerprint density at radius 1 is 1.24 bits per heavy atom. The van der Waals surface area contributed by atoms with E-state index in [-0.39, 0.29) is 0 Å². The van der Waals surface area contributed by atoms with Crippen molar-refractivity contribution in [1.82, 2.24) is 10.3 Å². The second-order valence-corrected chi connectivity index (χ2v) is 7.79. The maximum atomic E-state index is 4.66. The van der Waals surface area contributed by atoms with E-state index in [4.69, 9.17) is 0 Å². The Morgan fingerprint density at radius 2 is 2.10 bits per heavy atom. The van der Waals surface area contributed by atoms with Crippen molar-refractivity contribution in [3.63, 3.8) is 0 Å². The third-order valence-corrected chi connectivity index (χ3v) is 5.89. The number of hydrogen-bond donors (Lipinski definition) is 1. The lowest BCUT2D eigenvalue weighted by Crippen LogP contribution is -2.11. The zero-order valence-electron chi connectivity index (χ0n) is 11.6. The van der Waals surface area contributed by atoms with Gasteiger partial charge in [-0.1, -0.05) is 52.8 Å². The molecule has 0 aliphatic rings. The van der Waals surface area contributed by atoms with Crippen LogP contribution in [0.4, 0.5) is 0 Å². The summed E-state index contributed by atoms with van der Waals surface area (Å²) in [6, 6.07) is 14.8. The van der Waals surface area contributed by atoms with Gasteiger partial charge in [0.25, 0.3) is 0 Å². The summed E-state index contributed by atoms with van der Waals surface area (Å²) < 4.78 is 3.47. The summed E-state index contributed by atoms with van der Waals surface area (Å²) >= 11 is 7.11. The van der Waals surface area contributed by atoms with Gasteiger partial charge in [-0.15, -0.1) is 11.3 Å². The number of nitrogens with one attached hydrogen (secondary N) is 1. The van der Waals surface area contributed by atoms with E-state index in [2.05, 4.69) is 69.6 Å². The quantitative estimate of drug-likeness (QED) is 0.650. The van der Waals surface area contributed by atoms with Crippen LogP contribution in [0.1, 0.15) is 12.5 Å². The molecule has 2 aromatic carbocycles. The van der Waals surface area contributed by atoms with Gasteiger partial charge >= 0.3 is 0 Å². The highest BCUT2D eigenvalue weighted by atomic mass is 79.9. The summed E-state index contributed by atoms with van der Waals surface area (Å²) in [5.74, 6) is 0. The van der Waals surface area contributed by atoms with Crippen molar-refractivity contribution in [2.45, 2.75) is 22.7 Å². The number of thiazole rings is 1. The third-order valence-electron chi connectivity index (χ3n) is 3.07. The summed E-state index contributed by atoms with van der Waals surface area (Å²) in [6.07, 6.45) is 0. The van der Waals surface area contributed by atoms with Crippen LogP contribution in [0.2, 0.25) is 0 Å². The third kappa shape index (κ3) is 3.66. The molecule has 5 heteroatoms. The first-order valence-corrected chi connectivity index (χ1v) is 9.21. The van der Waals surface area contributed by atoms with Crippen LogP contribution in [0.3, 0.4) is 0 Å². The van der Waals surface area contributed by atoms with Gasteiger partial charge in [0.1, 0.15) is 0 Å². The van der Waals surface area contributed by atoms with Crippen molar-refractivity contribution in [3.8, 4) is 0 Å². The van der Waals surface area contributed by atoms with E-state index in [9.17, 15) is 0 Å². The number of aromatic nitrogens is 1. The molecule has 21 heavy (non-hydrogen) atoms. The molecule has 108 valence electrons. The molecule has 0 amide bonds. The standard InChI is InChI=1S/C16H15BrN2S2/c1-2-18-10-11-7-8-12(9-13(11)17)20-16-19-14-5-3-4-6-15(14)21-16/h3-9,18H,2,10H2,1H3. The normalized spacial score (nSPS) is 11.1. The molecular formula is C16H15BrN2S2. The first-order valence-electron chi connectivity index (χ1n) is 6.79. The average Bonchev–Trinajstić information content (AvgIpc) is 2.88. The van der Waals surface area contributed by atoms with Gasteiger partial charge in [-0.05, 0) is 36.4 Å². The highest BCUT2D eigenvalue weighted by Crippen LogP contribution is 2.35. The minimum atomic E-state index is 0.892. The maximum absolute atomic E-state index is 4.66. The SMILES string of the molecule is CCNCc1ccc(Sc2nc3ccccc3s2)cc1Br. The summed E-state index contributed by atoms with van der Waals surface area (Å²) in [5.41, 5.74) is 2.36. The number of fused-ring (bicyclic) bond motifs is 1. The van der Waals surface area contributed by atoms with E-state index in [1.54, 1.807) is 23.1 Å². The van der Waals surface area contributed by atoms with E-state index in [0.717, 1.165) is 27.4 Å². The number of nitrogens with zero attached hydrogens (tertiary/aromatic N) is 1. The van der Waals surface area contributed by atoms with Crippen LogP contribution in [0.15, 0.2) is 56.2 Å². The van der Waals surface area contributed by atoms with Crippen LogP contribution < -0.4 is 5.32 Å². The number of para-hydroxylation sites is 1. The molecule has 0 bridgehead atoms. The van der Waals surface area contributed by atoms with Gasteiger partial charge in [-0.25, -0.2) is 4.98 Å². The van der Waals surface area contributed by atoms with Gasteiger partial charge in [0.2, 0.25) is 0 Å². The van der Waals surface area contributed by atoms with E-state index >= 15 is 0 Å². The van der Waals surface area contributed by atoms with E-state index in [0.29, 0.717) is 0 Å². The Balaban J connectivity index is 1.79. The van der Waals surface area contributed by atoms with Crippen LogP contribution in [-0.2, 0) is 6.54 Å². The largest absolute Gasteiger partial charge is 0.313 e. The highest BCUT2D eigenvalue weighted by molar-refractivity contribution is 9.10. The highest BCUT2D eigenvalue weighted by Gasteiger charge is 2.07. The van der Waals surface area contributed by atoms with Crippen molar-refractivity contribution in [2.24, 2.45) is 0 Å². The van der Waals surface area contributed by atoms with Crippen LogP contribution in [0.25, 0.3) is 10.2 Å². The van der Waals surface area contributed by atoms with Gasteiger partial charge in [-0.3, -0.25) is 0 Å². The lowest BCUT2D eigenvalue weighted by molar-refractivity contribution is 0.724. The first kappa shape index (κ1) is 15.0. The second-order valence-electron chi connectivity index (χ2n) is 4.58. The zero-order valence-corrected chi connectivity index (χ0v) is 14.8. The van der Waals surface area contributed by atoms with Crippen LogP contribution in [0, 0.1) is 0 Å². The first-order chi connectivity index (χ1) is 10.3. The molecule has 1 heterocycles. The van der Waals surface area contributed by atoms with Gasteiger partial charge < -0.3 is 5.32 Å². The molecule has 1 aromatic heterocycles. The molecule has 0 unspecified atom stereocenters. The maximum Gasteiger partial charge on any atom is 0.155 e. The summed E-state index contributed by atoms with van der Waals surface area (Å²) in [7, 11) is 0. The Kier molecular flexibility index (Phi) is 4.95. The molecule has 0 aliphatic heterocycles. The van der Waals surface area contributed by atoms with Crippen molar-refractivity contribution < 1.29 is 0 Å². The topological polar surface area (TPSA) is 24.9 Å². The fourth-order valence-corrected chi connectivity index (χ4v) is 4.74. The van der Waals surface area contributed by atoms with E-state index < -0.39 is 0 Å². The second kappa shape index (κ2) is 6.92. The molecule has 3 aromatic rings. The van der Waals surface area contributed by atoms with Crippen molar-refractivity contribution in [1.29, 1.82) is 0 Å². The molecule has 0 saturated heterocycles. The number of rotatable bonds is 5. The summed E-state index contributed by atoms with van der Waals surface area (Å²) in [6.45, 7) is 3.99. The number of halogens is 1. The minimum absolute atomic E-state index is 0.892. The fourth-order valence-electron chi connectivity index (χ4n) is 1.99. The van der Waals surface area contributed by atoms with Crippen molar-refractivity contribution in [3.05, 3.63) is 52.5 Å². The van der Waals surface area contributed by atoms with Crippen LogP contribution >= 0.6 is 39.0 Å². The number of hydrogen-bond acceptors (Lipinski definition) is 4. The zero-order chi connectivity index (χ0) is 14.7. The molecule has 3 rings (SSSR count). The minimum Gasteiger partial charge on any atom is -0.313 e. The van der Waals surface area contributed by atoms with Crippen LogP contribution in [0.5, 0.6) is 0 Å². The molecule has 1 N–H and O–H groups in total. The molecule has 0 spiro atoms. The molecule has 0 saturated carbocycles. The monoisotopic (exact) mass is 378 g/mol. The smallest absolute Gasteiger partial charge is 0.155 e. The molecule has 0 atom stereocenters. The predicted octanol–water partition coefficient (Wildman–Crippen LogP) is 5.32. The lowest BCUT2D eigenvalue weighted by Gasteiger charge is -2.06. The number of benzene rings is 2. The average molecular weight is 379 g/mol. The Bertz CT molecular complexity index is 722.